The van der Waals surface area contributed by atoms with Crippen LogP contribution in [0.5, 0.6) is 23.0 Å². The molecule has 1 aliphatic rings. The molecule has 0 aliphatic carbocycles. The Balaban J connectivity index is 1.84. The van der Waals surface area contributed by atoms with Crippen molar-refractivity contribution in [2.24, 2.45) is 0 Å². The number of hydrogen-bond acceptors (Lipinski definition) is 7. The molecule has 0 amide bonds. The van der Waals surface area contributed by atoms with Crippen LogP contribution in [0.2, 0.25) is 0 Å². The van der Waals surface area contributed by atoms with E-state index in [0.717, 1.165) is 0 Å². The van der Waals surface area contributed by atoms with E-state index in [0.29, 0.717) is 34.2 Å². The maximum Gasteiger partial charge on any atom is 0.339 e. The van der Waals surface area contributed by atoms with Crippen LogP contribution < -0.4 is 14.2 Å². The van der Waals surface area contributed by atoms with Gasteiger partial charge in [-0.1, -0.05) is 5.21 Å². The summed E-state index contributed by atoms with van der Waals surface area (Å²) in [6, 6.07) is 7.69. The van der Waals surface area contributed by atoms with Crippen LogP contribution in [-0.4, -0.2) is 45.1 Å². The number of nitrogens with zero attached hydrogens (tertiary/aromatic N) is 3. The highest BCUT2D eigenvalue weighted by molar-refractivity contribution is 5.92. The van der Waals surface area contributed by atoms with E-state index < -0.39 is 5.97 Å². The molecule has 0 saturated carbocycles. The molecule has 26 heavy (non-hydrogen) atoms. The molecule has 0 bridgehead atoms. The van der Waals surface area contributed by atoms with Crippen molar-refractivity contribution in [1.29, 1.82) is 0 Å². The van der Waals surface area contributed by atoms with Gasteiger partial charge in [-0.3, -0.25) is 0 Å². The summed E-state index contributed by atoms with van der Waals surface area (Å²) in [5, 5.41) is 26.9. The quantitative estimate of drug-likeness (QED) is 0.731. The van der Waals surface area contributed by atoms with Gasteiger partial charge in [0, 0.05) is 17.7 Å². The van der Waals surface area contributed by atoms with Crippen LogP contribution in [0.4, 0.5) is 0 Å². The number of ether oxygens (including phenoxy) is 3. The molecule has 0 unspecified atom stereocenters. The zero-order chi connectivity index (χ0) is 18.3. The number of rotatable bonds is 4. The van der Waals surface area contributed by atoms with E-state index >= 15 is 0 Å². The van der Waals surface area contributed by atoms with Crippen LogP contribution in [0.1, 0.15) is 10.4 Å². The Morgan fingerprint density at radius 2 is 2.12 bits per heavy atom. The summed E-state index contributed by atoms with van der Waals surface area (Å²) in [5.41, 5.74) is 1.46. The smallest absolute Gasteiger partial charge is 0.339 e. The van der Waals surface area contributed by atoms with Gasteiger partial charge in [0.15, 0.2) is 11.5 Å². The van der Waals surface area contributed by atoms with Crippen molar-refractivity contribution in [2.45, 2.75) is 0 Å². The summed E-state index contributed by atoms with van der Waals surface area (Å²) < 4.78 is 17.6. The van der Waals surface area contributed by atoms with Gasteiger partial charge in [0.05, 0.1) is 24.7 Å². The number of aromatic carboxylic acids is 1. The van der Waals surface area contributed by atoms with Gasteiger partial charge in [-0.15, -0.1) is 5.10 Å². The first kappa shape index (κ1) is 15.8. The van der Waals surface area contributed by atoms with Crippen LogP contribution in [0, 0.1) is 0 Å². The third-order valence-corrected chi connectivity index (χ3v) is 3.96. The monoisotopic (exact) mass is 355 g/mol. The molecule has 1 aromatic heterocycles. The number of aromatic hydroxyl groups is 1. The molecule has 1 aliphatic heterocycles. The van der Waals surface area contributed by atoms with Gasteiger partial charge in [0.25, 0.3) is 0 Å². The molecule has 2 aromatic carbocycles. The number of benzene rings is 2. The maximum atomic E-state index is 11.3. The van der Waals surface area contributed by atoms with Gasteiger partial charge in [-0.05, 0) is 18.2 Å². The molecule has 0 atom stereocenters. The fourth-order valence-electron chi connectivity index (χ4n) is 2.73. The molecule has 2 heterocycles. The van der Waals surface area contributed by atoms with E-state index in [2.05, 4.69) is 10.3 Å². The number of phenols is 1. The van der Waals surface area contributed by atoms with E-state index in [4.69, 9.17) is 14.2 Å². The van der Waals surface area contributed by atoms with Crippen molar-refractivity contribution in [3.05, 3.63) is 42.1 Å². The van der Waals surface area contributed by atoms with Crippen LogP contribution in [0.15, 0.2) is 36.5 Å². The standard InChI is InChI=1S/C17H13N3O6/c1-24-14-5-10(6-15-16(14)26-8-25-15)20-12(7-18-19-20)9-2-3-13(21)11(4-9)17(22)23/h2-7,21H,8H2,1H3,(H,22,23). The molecular weight excluding hydrogens is 342 g/mol. The van der Waals surface area contributed by atoms with Gasteiger partial charge in [-0.25, -0.2) is 9.48 Å². The van der Waals surface area contributed by atoms with Crippen LogP contribution in [0.25, 0.3) is 16.9 Å². The highest BCUT2D eigenvalue weighted by atomic mass is 16.7. The molecule has 0 fully saturated rings. The number of carbonyl (C=O) groups is 1. The van der Waals surface area contributed by atoms with Crippen molar-refractivity contribution in [1.82, 2.24) is 15.0 Å². The molecule has 3 aromatic rings. The third-order valence-electron chi connectivity index (χ3n) is 3.96. The summed E-state index contributed by atoms with van der Waals surface area (Å²) in [7, 11) is 1.52. The SMILES string of the molecule is COc1cc(-n2nncc2-c2ccc(O)c(C(=O)O)c2)cc2c1OCO2. The number of carboxylic acid groups (broad SMARTS) is 1. The van der Waals surface area contributed by atoms with Crippen LogP contribution >= 0.6 is 0 Å². The summed E-state index contributed by atoms with van der Waals surface area (Å²) in [6.07, 6.45) is 1.50. The van der Waals surface area contributed by atoms with Crippen molar-refractivity contribution in [2.75, 3.05) is 13.9 Å². The number of methoxy groups -OCH3 is 1. The van der Waals surface area contributed by atoms with E-state index in [-0.39, 0.29) is 18.1 Å². The number of carboxylic acids is 1. The molecular formula is C17H13N3O6. The first-order valence-corrected chi connectivity index (χ1v) is 7.54. The van der Waals surface area contributed by atoms with Crippen molar-refractivity contribution < 1.29 is 29.2 Å². The predicted molar refractivity (Wildman–Crippen MR) is 88.1 cm³/mol. The topological polar surface area (TPSA) is 116 Å². The van der Waals surface area contributed by atoms with E-state index in [9.17, 15) is 15.0 Å². The second-order valence-electron chi connectivity index (χ2n) is 5.45. The second kappa shape index (κ2) is 5.96. The van der Waals surface area contributed by atoms with E-state index in [1.54, 1.807) is 18.2 Å². The highest BCUT2D eigenvalue weighted by Crippen LogP contribution is 2.43. The minimum absolute atomic E-state index is 0.0965. The lowest BCUT2D eigenvalue weighted by atomic mass is 10.1. The second-order valence-corrected chi connectivity index (χ2v) is 5.45. The van der Waals surface area contributed by atoms with Gasteiger partial charge >= 0.3 is 5.97 Å². The number of fused-ring (bicyclic) bond motifs is 1. The lowest BCUT2D eigenvalue weighted by Gasteiger charge is -2.11. The zero-order valence-electron chi connectivity index (χ0n) is 13.5. The zero-order valence-corrected chi connectivity index (χ0v) is 13.5. The fraction of sp³-hybridized carbons (Fsp3) is 0.118. The molecule has 132 valence electrons. The Hall–Kier alpha value is -3.75. The molecule has 0 radical (unpaired) electrons. The Morgan fingerprint density at radius 3 is 2.88 bits per heavy atom. The van der Waals surface area contributed by atoms with E-state index in [1.165, 1.54) is 30.1 Å². The first-order valence-electron chi connectivity index (χ1n) is 7.54. The van der Waals surface area contributed by atoms with Crippen LogP contribution in [-0.2, 0) is 0 Å². The lowest BCUT2D eigenvalue weighted by Crippen LogP contribution is -2.02. The predicted octanol–water partition coefficient (Wildman–Crippen LogP) is 2.08. The molecule has 9 nitrogen and oxygen atoms in total. The Bertz CT molecular complexity index is 1010. The molecule has 9 heteroatoms. The average molecular weight is 355 g/mol. The molecule has 0 saturated heterocycles. The summed E-state index contributed by atoms with van der Waals surface area (Å²) >= 11 is 0. The largest absolute Gasteiger partial charge is 0.507 e. The highest BCUT2D eigenvalue weighted by Gasteiger charge is 2.22. The van der Waals surface area contributed by atoms with Crippen molar-refractivity contribution in [3.63, 3.8) is 0 Å². The van der Waals surface area contributed by atoms with Gasteiger partial charge < -0.3 is 24.4 Å². The molecule has 2 N–H and O–H groups in total. The first-order chi connectivity index (χ1) is 12.6. The minimum atomic E-state index is -1.23. The Kier molecular flexibility index (Phi) is 3.61. The van der Waals surface area contributed by atoms with Crippen molar-refractivity contribution >= 4 is 5.97 Å². The van der Waals surface area contributed by atoms with E-state index in [1.807, 2.05) is 0 Å². The lowest BCUT2D eigenvalue weighted by molar-refractivity contribution is 0.0693. The Labute approximate surface area is 147 Å². The molecule has 4 rings (SSSR count). The number of hydrogen-bond donors (Lipinski definition) is 2. The average Bonchev–Trinajstić information content (AvgIpc) is 3.30. The van der Waals surface area contributed by atoms with Gasteiger partial charge in [0.2, 0.25) is 12.5 Å². The maximum absolute atomic E-state index is 11.3. The van der Waals surface area contributed by atoms with Crippen molar-refractivity contribution in [3.8, 4) is 39.9 Å². The Morgan fingerprint density at radius 1 is 1.27 bits per heavy atom. The normalized spacial score (nSPS) is 12.2. The number of aromatic nitrogens is 3. The third kappa shape index (κ3) is 2.46. The summed E-state index contributed by atoms with van der Waals surface area (Å²) in [5.74, 6) is -0.0417. The fourth-order valence-corrected chi connectivity index (χ4v) is 2.73. The summed E-state index contributed by atoms with van der Waals surface area (Å²) in [6.45, 7) is 0.0965. The molecule has 0 spiro atoms. The van der Waals surface area contributed by atoms with Crippen LogP contribution in [0.3, 0.4) is 0 Å². The van der Waals surface area contributed by atoms with Gasteiger partial charge in [-0.2, -0.15) is 0 Å². The summed E-state index contributed by atoms with van der Waals surface area (Å²) in [4.78, 5) is 11.3. The minimum Gasteiger partial charge on any atom is -0.507 e. The van der Waals surface area contributed by atoms with Gasteiger partial charge in [0.1, 0.15) is 11.3 Å².